The Morgan fingerprint density at radius 1 is 1.38 bits per heavy atom. The van der Waals surface area contributed by atoms with Crippen molar-refractivity contribution in [1.29, 1.82) is 0 Å². The normalized spacial score (nSPS) is 14.4. The summed E-state index contributed by atoms with van der Waals surface area (Å²) in [6.45, 7) is 2.12. The van der Waals surface area contributed by atoms with Gasteiger partial charge in [-0.25, -0.2) is 13.6 Å². The molecule has 13 heavy (non-hydrogen) atoms. The van der Waals surface area contributed by atoms with Crippen molar-refractivity contribution >= 4 is 21.8 Å². The van der Waals surface area contributed by atoms with Crippen LogP contribution in [0.2, 0.25) is 0 Å². The van der Waals surface area contributed by atoms with Crippen molar-refractivity contribution in [3.63, 3.8) is 0 Å². The predicted molar refractivity (Wildman–Crippen MR) is 57.9 cm³/mol. The number of thioether (sulfide) groups is 1. The minimum atomic E-state index is -3.53. The number of hydrogen-bond acceptors (Lipinski definition) is 4. The van der Waals surface area contributed by atoms with Crippen LogP contribution in [0.25, 0.3) is 0 Å². The molecule has 0 rings (SSSR count). The van der Waals surface area contributed by atoms with Crippen LogP contribution in [0, 0.1) is 0 Å². The molecule has 0 aliphatic carbocycles. The Morgan fingerprint density at radius 2 is 2.00 bits per heavy atom. The molecule has 0 spiro atoms. The second-order valence-electron chi connectivity index (χ2n) is 2.88. The van der Waals surface area contributed by atoms with E-state index in [-0.39, 0.29) is 0 Å². The molecular formula is C7H18N2O2S2. The average Bonchev–Trinajstić information content (AvgIpc) is 2.02. The van der Waals surface area contributed by atoms with Crippen LogP contribution in [-0.2, 0) is 10.0 Å². The van der Waals surface area contributed by atoms with Gasteiger partial charge in [-0.15, -0.1) is 0 Å². The van der Waals surface area contributed by atoms with E-state index in [2.05, 4.69) is 6.92 Å². The van der Waals surface area contributed by atoms with Gasteiger partial charge in [0.25, 0.3) is 0 Å². The molecule has 0 bridgehead atoms. The molecule has 0 aromatic carbocycles. The lowest BCUT2D eigenvalue weighted by Crippen LogP contribution is -2.36. The van der Waals surface area contributed by atoms with E-state index in [9.17, 15) is 8.42 Å². The quantitative estimate of drug-likeness (QED) is 0.618. The van der Waals surface area contributed by atoms with Gasteiger partial charge in [-0.2, -0.15) is 11.8 Å². The van der Waals surface area contributed by atoms with Crippen molar-refractivity contribution in [3.8, 4) is 0 Å². The van der Waals surface area contributed by atoms with E-state index in [0.29, 0.717) is 6.42 Å². The maximum Gasteiger partial charge on any atom is 0.224 e. The Bertz CT molecular complexity index is 217. The molecule has 0 aliphatic rings. The second-order valence-corrected chi connectivity index (χ2v) is 5.89. The van der Waals surface area contributed by atoms with Gasteiger partial charge < -0.3 is 5.73 Å². The van der Waals surface area contributed by atoms with E-state index in [0.717, 1.165) is 24.3 Å². The first-order chi connectivity index (χ1) is 5.98. The third-order valence-electron chi connectivity index (χ3n) is 1.61. The second kappa shape index (κ2) is 6.64. The first kappa shape index (κ1) is 13.2. The van der Waals surface area contributed by atoms with Gasteiger partial charge in [-0.3, -0.25) is 0 Å². The highest BCUT2D eigenvalue weighted by Crippen LogP contribution is 2.08. The molecule has 0 saturated carbocycles. The highest BCUT2D eigenvalue weighted by atomic mass is 32.2. The zero-order valence-corrected chi connectivity index (χ0v) is 9.53. The first-order valence-electron chi connectivity index (χ1n) is 4.33. The number of primary sulfonamides is 1. The van der Waals surface area contributed by atoms with E-state index in [1.807, 2.05) is 0 Å². The van der Waals surface area contributed by atoms with Gasteiger partial charge in [-0.1, -0.05) is 13.3 Å². The van der Waals surface area contributed by atoms with Gasteiger partial charge in [-0.05, 0) is 24.3 Å². The fourth-order valence-electron chi connectivity index (χ4n) is 0.712. The van der Waals surface area contributed by atoms with Gasteiger partial charge in [0.2, 0.25) is 10.0 Å². The Labute approximate surface area is 84.5 Å². The van der Waals surface area contributed by atoms with Gasteiger partial charge in [0.15, 0.2) is 0 Å². The fourth-order valence-corrected chi connectivity index (χ4v) is 2.43. The first-order valence-corrected chi connectivity index (χ1v) is 7.09. The molecule has 0 aromatic rings. The van der Waals surface area contributed by atoms with Crippen molar-refractivity contribution in [1.82, 2.24) is 0 Å². The van der Waals surface area contributed by atoms with Crippen molar-refractivity contribution in [2.75, 3.05) is 11.5 Å². The summed E-state index contributed by atoms with van der Waals surface area (Å²) in [7, 11) is -3.53. The Kier molecular flexibility index (Phi) is 6.75. The van der Waals surface area contributed by atoms with Gasteiger partial charge >= 0.3 is 0 Å². The fraction of sp³-hybridized carbons (Fsp3) is 1.00. The van der Waals surface area contributed by atoms with E-state index < -0.39 is 15.4 Å². The van der Waals surface area contributed by atoms with Crippen molar-refractivity contribution in [2.24, 2.45) is 10.9 Å². The SMILES string of the molecule is CCCCSCC[C@H](N)S(N)(=O)=O. The molecule has 0 heterocycles. The van der Waals surface area contributed by atoms with Crippen LogP contribution in [0.15, 0.2) is 0 Å². The van der Waals surface area contributed by atoms with Gasteiger partial charge in [0, 0.05) is 0 Å². The van der Waals surface area contributed by atoms with Crippen molar-refractivity contribution < 1.29 is 8.42 Å². The maximum absolute atomic E-state index is 10.7. The summed E-state index contributed by atoms with van der Waals surface area (Å²) in [5.74, 6) is 1.82. The molecule has 1 atom stereocenters. The monoisotopic (exact) mass is 226 g/mol. The maximum atomic E-state index is 10.7. The molecule has 0 radical (unpaired) electrons. The highest BCUT2D eigenvalue weighted by Gasteiger charge is 2.14. The van der Waals surface area contributed by atoms with E-state index in [1.54, 1.807) is 11.8 Å². The van der Waals surface area contributed by atoms with E-state index in [1.165, 1.54) is 0 Å². The van der Waals surface area contributed by atoms with Gasteiger partial charge in [0.05, 0.1) is 0 Å². The Morgan fingerprint density at radius 3 is 2.46 bits per heavy atom. The number of sulfonamides is 1. The van der Waals surface area contributed by atoms with Crippen LogP contribution < -0.4 is 10.9 Å². The Hall–Kier alpha value is 0.220. The van der Waals surface area contributed by atoms with Crippen LogP contribution >= 0.6 is 11.8 Å². The van der Waals surface area contributed by atoms with E-state index >= 15 is 0 Å². The molecule has 4 nitrogen and oxygen atoms in total. The third kappa shape index (κ3) is 7.30. The molecular weight excluding hydrogens is 208 g/mol. The summed E-state index contributed by atoms with van der Waals surface area (Å²) < 4.78 is 21.4. The molecule has 0 saturated heterocycles. The zero-order chi connectivity index (χ0) is 10.3. The minimum absolute atomic E-state index is 0.438. The van der Waals surface area contributed by atoms with Crippen LogP contribution in [-0.4, -0.2) is 25.3 Å². The molecule has 0 amide bonds. The highest BCUT2D eigenvalue weighted by molar-refractivity contribution is 7.99. The topological polar surface area (TPSA) is 86.2 Å². The lowest BCUT2D eigenvalue weighted by atomic mass is 10.4. The van der Waals surface area contributed by atoms with E-state index in [4.69, 9.17) is 10.9 Å². The number of hydrogen-bond donors (Lipinski definition) is 2. The minimum Gasteiger partial charge on any atom is -0.314 e. The summed E-state index contributed by atoms with van der Waals surface area (Å²) in [4.78, 5) is 0. The molecule has 0 unspecified atom stereocenters. The Balaban J connectivity index is 3.44. The summed E-state index contributed by atoms with van der Waals surface area (Å²) >= 11 is 1.72. The predicted octanol–water partition coefficient (Wildman–Crippen LogP) is 0.483. The number of rotatable bonds is 7. The average molecular weight is 226 g/mol. The van der Waals surface area contributed by atoms with Crippen LogP contribution in [0.1, 0.15) is 26.2 Å². The molecule has 0 aromatic heterocycles. The summed E-state index contributed by atoms with van der Waals surface area (Å²) in [5.41, 5.74) is 5.34. The number of unbranched alkanes of at least 4 members (excludes halogenated alkanes) is 1. The summed E-state index contributed by atoms with van der Waals surface area (Å²) in [6.07, 6.45) is 2.76. The summed E-state index contributed by atoms with van der Waals surface area (Å²) in [6, 6.07) is 0. The van der Waals surface area contributed by atoms with Crippen molar-refractivity contribution in [2.45, 2.75) is 31.6 Å². The summed E-state index contributed by atoms with van der Waals surface area (Å²) in [5, 5.41) is 3.96. The molecule has 0 aliphatic heterocycles. The molecule has 6 heteroatoms. The standard InChI is InChI=1S/C7H18N2O2S2/c1-2-3-5-12-6-4-7(8)13(9,10)11/h7H,2-6,8H2,1H3,(H2,9,10,11)/t7-/m1/s1. The van der Waals surface area contributed by atoms with Crippen LogP contribution in [0.3, 0.4) is 0 Å². The molecule has 80 valence electrons. The van der Waals surface area contributed by atoms with Crippen LogP contribution in [0.4, 0.5) is 0 Å². The molecule has 4 N–H and O–H groups in total. The van der Waals surface area contributed by atoms with Crippen molar-refractivity contribution in [3.05, 3.63) is 0 Å². The zero-order valence-electron chi connectivity index (χ0n) is 7.90. The largest absolute Gasteiger partial charge is 0.314 e. The third-order valence-corrected chi connectivity index (χ3v) is 3.79. The smallest absolute Gasteiger partial charge is 0.224 e. The lowest BCUT2D eigenvalue weighted by Gasteiger charge is -2.07. The molecule has 0 fully saturated rings. The van der Waals surface area contributed by atoms with Crippen LogP contribution in [0.5, 0.6) is 0 Å². The lowest BCUT2D eigenvalue weighted by molar-refractivity contribution is 0.580. The van der Waals surface area contributed by atoms with Gasteiger partial charge in [0.1, 0.15) is 5.37 Å². The number of nitrogens with two attached hydrogens (primary N) is 2.